The molecule has 0 bridgehead atoms. The van der Waals surface area contributed by atoms with E-state index in [-0.39, 0.29) is 0 Å². The maximum absolute atomic E-state index is 10.9. The number of aryl methyl sites for hydroxylation is 1. The highest BCUT2D eigenvalue weighted by Gasteiger charge is 2.08. The lowest BCUT2D eigenvalue weighted by atomic mass is 10.4. The van der Waals surface area contributed by atoms with Crippen molar-refractivity contribution in [2.75, 3.05) is 0 Å². The van der Waals surface area contributed by atoms with Crippen molar-refractivity contribution >= 4 is 5.91 Å². The molecule has 1 rings (SSSR count). The summed E-state index contributed by atoms with van der Waals surface area (Å²) in [6, 6.07) is 3.46. The van der Waals surface area contributed by atoms with E-state index in [4.69, 9.17) is 5.21 Å². The Balaban J connectivity index is 3.04. The second kappa shape index (κ2) is 2.75. The van der Waals surface area contributed by atoms with Crippen LogP contribution in [0.2, 0.25) is 0 Å². The Bertz CT molecular complexity index is 278. The molecule has 60 valence electrons. The van der Waals surface area contributed by atoms with Gasteiger partial charge in [-0.25, -0.2) is 5.48 Å². The molecule has 0 atom stereocenters. The summed E-state index contributed by atoms with van der Waals surface area (Å²) in [4.78, 5) is 10.9. The smallest absolute Gasteiger partial charge is 0.291 e. The summed E-state index contributed by atoms with van der Waals surface area (Å²) in [5.74, 6) is -0.486. The molecular weight excluding hydrogens is 144 g/mol. The molecule has 1 aromatic heterocycles. The fourth-order valence-electron chi connectivity index (χ4n) is 0.898. The van der Waals surface area contributed by atoms with Gasteiger partial charge in [-0.2, -0.15) is 0 Å². The Morgan fingerprint density at radius 3 is 2.64 bits per heavy atom. The van der Waals surface area contributed by atoms with Gasteiger partial charge in [0, 0.05) is 12.7 Å². The summed E-state index contributed by atoms with van der Waals surface area (Å²) in [7, 11) is 1.76. The maximum atomic E-state index is 10.9. The minimum absolute atomic E-state index is 0.449. The van der Waals surface area contributed by atoms with Crippen LogP contribution in [0.4, 0.5) is 0 Å². The van der Waals surface area contributed by atoms with Crippen LogP contribution in [-0.2, 0) is 7.05 Å². The Kier molecular flexibility index (Phi) is 1.96. The number of nitrogens with zero attached hydrogens (tertiary/aromatic N) is 1. The molecule has 0 aliphatic rings. The van der Waals surface area contributed by atoms with Gasteiger partial charge < -0.3 is 4.57 Å². The highest BCUT2D eigenvalue weighted by atomic mass is 16.5. The molecule has 0 saturated heterocycles. The van der Waals surface area contributed by atoms with Crippen molar-refractivity contribution in [2.45, 2.75) is 6.92 Å². The van der Waals surface area contributed by atoms with Crippen LogP contribution in [0.1, 0.15) is 16.2 Å². The summed E-state index contributed by atoms with van der Waals surface area (Å²) in [5.41, 5.74) is 3.00. The topological polar surface area (TPSA) is 54.3 Å². The van der Waals surface area contributed by atoms with Crippen LogP contribution in [0.3, 0.4) is 0 Å². The molecule has 0 aliphatic carbocycles. The van der Waals surface area contributed by atoms with E-state index >= 15 is 0 Å². The van der Waals surface area contributed by atoms with Crippen LogP contribution in [-0.4, -0.2) is 15.7 Å². The predicted molar refractivity (Wildman–Crippen MR) is 39.4 cm³/mol. The van der Waals surface area contributed by atoms with E-state index in [0.717, 1.165) is 5.69 Å². The fraction of sp³-hybridized carbons (Fsp3) is 0.286. The summed E-state index contributed by atoms with van der Waals surface area (Å²) in [5, 5.41) is 8.31. The number of hydrogen-bond donors (Lipinski definition) is 2. The van der Waals surface area contributed by atoms with Crippen molar-refractivity contribution in [3.63, 3.8) is 0 Å². The van der Waals surface area contributed by atoms with Gasteiger partial charge in [0.15, 0.2) is 0 Å². The van der Waals surface area contributed by atoms with E-state index < -0.39 is 5.91 Å². The Hall–Kier alpha value is -1.29. The molecule has 0 aromatic carbocycles. The Labute approximate surface area is 64.4 Å². The second-order valence-corrected chi connectivity index (χ2v) is 2.36. The van der Waals surface area contributed by atoms with Crippen molar-refractivity contribution < 1.29 is 10.0 Å². The first kappa shape index (κ1) is 7.81. The molecule has 11 heavy (non-hydrogen) atoms. The van der Waals surface area contributed by atoms with Gasteiger partial charge in [0.1, 0.15) is 5.69 Å². The standard InChI is InChI=1S/C7H10N2O2/c1-5-3-4-6(9(5)2)7(10)8-11/h3-4,11H,1-2H3,(H,8,10). The molecule has 1 heterocycles. The van der Waals surface area contributed by atoms with Crippen LogP contribution in [0.5, 0.6) is 0 Å². The quantitative estimate of drug-likeness (QED) is 0.456. The average molecular weight is 154 g/mol. The lowest BCUT2D eigenvalue weighted by Crippen LogP contribution is -2.21. The zero-order valence-electron chi connectivity index (χ0n) is 6.46. The lowest BCUT2D eigenvalue weighted by molar-refractivity contribution is 0.0697. The van der Waals surface area contributed by atoms with Gasteiger partial charge in [0.05, 0.1) is 0 Å². The molecule has 0 spiro atoms. The summed E-state index contributed by atoms with van der Waals surface area (Å²) in [6.07, 6.45) is 0. The van der Waals surface area contributed by atoms with Crippen LogP contribution in [0, 0.1) is 6.92 Å². The van der Waals surface area contributed by atoms with Crippen molar-refractivity contribution in [3.8, 4) is 0 Å². The summed E-state index contributed by atoms with van der Waals surface area (Å²) in [6.45, 7) is 1.88. The number of nitrogens with one attached hydrogen (secondary N) is 1. The number of rotatable bonds is 1. The van der Waals surface area contributed by atoms with E-state index in [1.807, 2.05) is 13.0 Å². The Morgan fingerprint density at radius 2 is 2.27 bits per heavy atom. The van der Waals surface area contributed by atoms with E-state index in [1.54, 1.807) is 23.2 Å². The molecule has 0 aliphatic heterocycles. The fourth-order valence-corrected chi connectivity index (χ4v) is 0.898. The van der Waals surface area contributed by atoms with Crippen LogP contribution in [0.15, 0.2) is 12.1 Å². The largest absolute Gasteiger partial charge is 0.344 e. The van der Waals surface area contributed by atoms with E-state index in [0.29, 0.717) is 5.69 Å². The molecule has 1 amide bonds. The van der Waals surface area contributed by atoms with Gasteiger partial charge >= 0.3 is 0 Å². The average Bonchev–Trinajstić information content (AvgIpc) is 2.32. The zero-order chi connectivity index (χ0) is 8.43. The highest BCUT2D eigenvalue weighted by molar-refractivity contribution is 5.91. The number of amides is 1. The van der Waals surface area contributed by atoms with Gasteiger partial charge in [0.25, 0.3) is 5.91 Å². The predicted octanol–water partition coefficient (Wildman–Crippen LogP) is 0.453. The maximum Gasteiger partial charge on any atom is 0.291 e. The van der Waals surface area contributed by atoms with Crippen molar-refractivity contribution in [2.24, 2.45) is 7.05 Å². The summed E-state index contributed by atoms with van der Waals surface area (Å²) < 4.78 is 1.70. The van der Waals surface area contributed by atoms with Crippen molar-refractivity contribution in [1.82, 2.24) is 10.0 Å². The van der Waals surface area contributed by atoms with E-state index in [9.17, 15) is 4.79 Å². The van der Waals surface area contributed by atoms with Crippen LogP contribution in [0.25, 0.3) is 0 Å². The second-order valence-electron chi connectivity index (χ2n) is 2.36. The van der Waals surface area contributed by atoms with Crippen LogP contribution >= 0.6 is 0 Å². The third-order valence-corrected chi connectivity index (χ3v) is 1.71. The first-order chi connectivity index (χ1) is 5.16. The molecular formula is C7H10N2O2. The molecule has 0 fully saturated rings. The van der Waals surface area contributed by atoms with Gasteiger partial charge in [-0.05, 0) is 19.1 Å². The number of aromatic nitrogens is 1. The third kappa shape index (κ3) is 1.25. The molecule has 0 saturated carbocycles. The molecule has 1 aromatic rings. The normalized spacial score (nSPS) is 9.73. The molecule has 4 nitrogen and oxygen atoms in total. The summed E-state index contributed by atoms with van der Waals surface area (Å²) >= 11 is 0. The number of carbonyl (C=O) groups is 1. The highest BCUT2D eigenvalue weighted by Crippen LogP contribution is 2.04. The van der Waals surface area contributed by atoms with Crippen LogP contribution < -0.4 is 5.48 Å². The van der Waals surface area contributed by atoms with Gasteiger partial charge in [-0.1, -0.05) is 0 Å². The number of hydrogen-bond acceptors (Lipinski definition) is 2. The van der Waals surface area contributed by atoms with E-state index in [1.165, 1.54) is 0 Å². The number of carbonyl (C=O) groups excluding carboxylic acids is 1. The zero-order valence-corrected chi connectivity index (χ0v) is 6.46. The molecule has 0 radical (unpaired) electrons. The molecule has 0 unspecified atom stereocenters. The first-order valence-corrected chi connectivity index (χ1v) is 3.23. The molecule has 4 heteroatoms. The van der Waals surface area contributed by atoms with Crippen molar-refractivity contribution in [1.29, 1.82) is 0 Å². The minimum atomic E-state index is -0.486. The third-order valence-electron chi connectivity index (χ3n) is 1.71. The Morgan fingerprint density at radius 1 is 1.64 bits per heavy atom. The SMILES string of the molecule is Cc1ccc(C(=O)NO)n1C. The monoisotopic (exact) mass is 154 g/mol. The van der Waals surface area contributed by atoms with Gasteiger partial charge in [0.2, 0.25) is 0 Å². The number of hydroxylamine groups is 1. The van der Waals surface area contributed by atoms with Crippen molar-refractivity contribution in [3.05, 3.63) is 23.5 Å². The molecule has 2 N–H and O–H groups in total. The lowest BCUT2D eigenvalue weighted by Gasteiger charge is -2.01. The van der Waals surface area contributed by atoms with Gasteiger partial charge in [-0.3, -0.25) is 10.0 Å². The minimum Gasteiger partial charge on any atom is -0.344 e. The first-order valence-electron chi connectivity index (χ1n) is 3.23. The van der Waals surface area contributed by atoms with E-state index in [2.05, 4.69) is 0 Å². The van der Waals surface area contributed by atoms with Gasteiger partial charge in [-0.15, -0.1) is 0 Å².